The smallest absolute Gasteiger partial charge is 0.280 e. The van der Waals surface area contributed by atoms with Gasteiger partial charge in [-0.3, -0.25) is 4.79 Å². The van der Waals surface area contributed by atoms with Gasteiger partial charge >= 0.3 is 0 Å². The van der Waals surface area contributed by atoms with E-state index in [2.05, 4.69) is 21.0 Å². The normalized spacial score (nSPS) is 15.5. The number of hydrogen-bond donors (Lipinski definition) is 0. The van der Waals surface area contributed by atoms with Crippen molar-refractivity contribution < 1.29 is 13.9 Å². The molecule has 0 aliphatic carbocycles. The van der Waals surface area contributed by atoms with Crippen LogP contribution in [-0.2, 0) is 9.53 Å². The second-order valence-electron chi connectivity index (χ2n) is 3.38. The van der Waals surface area contributed by atoms with Crippen molar-refractivity contribution in [1.82, 2.24) is 5.01 Å². The molecule has 0 spiro atoms. The molecule has 0 fully saturated rings. The molecule has 1 heterocycles. The molecule has 17 heavy (non-hydrogen) atoms. The van der Waals surface area contributed by atoms with Gasteiger partial charge in [-0.15, -0.1) is 5.10 Å². The summed E-state index contributed by atoms with van der Waals surface area (Å²) in [5.74, 6) is -0.507. The van der Waals surface area contributed by atoms with Gasteiger partial charge in [-0.25, -0.2) is 9.40 Å². The van der Waals surface area contributed by atoms with Crippen molar-refractivity contribution in [2.24, 2.45) is 5.10 Å². The van der Waals surface area contributed by atoms with Crippen molar-refractivity contribution in [3.8, 4) is 0 Å². The molecule has 1 aliphatic rings. The van der Waals surface area contributed by atoms with Crippen molar-refractivity contribution in [1.29, 1.82) is 0 Å². The molecule has 6 heteroatoms. The van der Waals surface area contributed by atoms with Crippen LogP contribution >= 0.6 is 15.9 Å². The number of rotatable bonds is 3. The molecule has 4 nitrogen and oxygen atoms in total. The molecule has 0 unspecified atom stereocenters. The summed E-state index contributed by atoms with van der Waals surface area (Å²) in [5.41, 5.74) is 0.263. The molecule has 0 atom stereocenters. The van der Waals surface area contributed by atoms with E-state index in [0.717, 1.165) is 0 Å². The van der Waals surface area contributed by atoms with Gasteiger partial charge in [0.1, 0.15) is 5.82 Å². The van der Waals surface area contributed by atoms with Gasteiger partial charge in [0.05, 0.1) is 12.1 Å². The highest BCUT2D eigenvalue weighted by atomic mass is 79.9. The Balaban J connectivity index is 2.30. The van der Waals surface area contributed by atoms with E-state index < -0.39 is 5.82 Å². The monoisotopic (exact) mass is 300 g/mol. The Hall–Kier alpha value is -1.43. The molecule has 1 aromatic carbocycles. The Kier molecular flexibility index (Phi) is 3.73. The molecule has 1 amide bonds. The average molecular weight is 301 g/mol. The van der Waals surface area contributed by atoms with Gasteiger partial charge in [0.2, 0.25) is 5.90 Å². The number of hydrogen-bond acceptors (Lipinski definition) is 3. The Morgan fingerprint density at radius 3 is 2.94 bits per heavy atom. The lowest BCUT2D eigenvalue weighted by Gasteiger charge is -2.23. The van der Waals surface area contributed by atoms with Crippen LogP contribution < -0.4 is 0 Å². The number of alkyl halides is 1. The first-order valence-electron chi connectivity index (χ1n) is 5.05. The molecule has 0 bridgehead atoms. The Labute approximate surface area is 106 Å². The van der Waals surface area contributed by atoms with E-state index in [0.29, 0.717) is 11.9 Å². The highest BCUT2D eigenvalue weighted by Gasteiger charge is 2.23. The number of carbonyl (C=O) groups is 1. The van der Waals surface area contributed by atoms with Crippen molar-refractivity contribution >= 4 is 27.7 Å². The molecular formula is C11H10BrFN2O2. The zero-order chi connectivity index (χ0) is 12.3. The van der Waals surface area contributed by atoms with Crippen molar-refractivity contribution in [2.75, 3.05) is 18.5 Å². The molecule has 1 aliphatic heterocycles. The summed E-state index contributed by atoms with van der Waals surface area (Å²) < 4.78 is 18.6. The first-order chi connectivity index (χ1) is 8.22. The van der Waals surface area contributed by atoms with E-state index in [4.69, 9.17) is 4.74 Å². The third-order valence-corrected chi connectivity index (χ3v) is 2.59. The van der Waals surface area contributed by atoms with Crippen LogP contribution in [0, 0.1) is 5.82 Å². The lowest BCUT2D eigenvalue weighted by atomic mass is 10.2. The summed E-state index contributed by atoms with van der Waals surface area (Å²) in [5, 5.41) is 5.87. The van der Waals surface area contributed by atoms with E-state index in [1.54, 1.807) is 18.2 Å². The van der Waals surface area contributed by atoms with Gasteiger partial charge in [-0.1, -0.05) is 28.1 Å². The summed E-state index contributed by atoms with van der Waals surface area (Å²) >= 11 is 3.23. The van der Waals surface area contributed by atoms with Crippen molar-refractivity contribution in [3.63, 3.8) is 0 Å². The number of ether oxygens (including phenoxy) is 1. The molecule has 0 saturated carbocycles. The highest BCUT2D eigenvalue weighted by Crippen LogP contribution is 2.13. The summed E-state index contributed by atoms with van der Waals surface area (Å²) in [6.45, 7) is 0.320. The summed E-state index contributed by atoms with van der Waals surface area (Å²) in [7, 11) is 0. The number of benzene rings is 1. The molecule has 0 saturated heterocycles. The van der Waals surface area contributed by atoms with Gasteiger partial charge in [-0.05, 0) is 12.1 Å². The fourth-order valence-corrected chi connectivity index (χ4v) is 1.76. The number of halogens is 2. The Morgan fingerprint density at radius 1 is 1.47 bits per heavy atom. The van der Waals surface area contributed by atoms with Gasteiger partial charge in [0.25, 0.3) is 5.91 Å². The van der Waals surface area contributed by atoms with Gasteiger partial charge in [0, 0.05) is 5.33 Å². The number of carbonyl (C=O) groups excluding carboxylic acids is 1. The van der Waals surface area contributed by atoms with Crippen LogP contribution in [0.2, 0.25) is 0 Å². The molecule has 0 aromatic heterocycles. The minimum absolute atomic E-state index is 0.111. The van der Waals surface area contributed by atoms with E-state index in [1.807, 2.05) is 0 Å². The number of hydrazone groups is 1. The largest absolute Gasteiger partial charge is 0.466 e. The van der Waals surface area contributed by atoms with Crippen molar-refractivity contribution in [3.05, 3.63) is 35.6 Å². The topological polar surface area (TPSA) is 41.9 Å². The summed E-state index contributed by atoms with van der Waals surface area (Å²) in [6, 6.07) is 6.17. The maximum absolute atomic E-state index is 13.5. The first-order valence-corrected chi connectivity index (χ1v) is 6.17. The quantitative estimate of drug-likeness (QED) is 0.798. The van der Waals surface area contributed by atoms with Gasteiger partial charge in [0.15, 0.2) is 6.61 Å². The van der Waals surface area contributed by atoms with Gasteiger partial charge < -0.3 is 4.74 Å². The number of amides is 1. The van der Waals surface area contributed by atoms with E-state index in [1.165, 1.54) is 11.1 Å². The van der Waals surface area contributed by atoms with Crippen LogP contribution in [-0.4, -0.2) is 35.3 Å². The van der Waals surface area contributed by atoms with Crippen LogP contribution in [0.3, 0.4) is 0 Å². The summed E-state index contributed by atoms with van der Waals surface area (Å²) in [4.78, 5) is 11.4. The second kappa shape index (κ2) is 5.27. The molecule has 1 aromatic rings. The highest BCUT2D eigenvalue weighted by molar-refractivity contribution is 9.09. The molecule has 0 radical (unpaired) electrons. The van der Waals surface area contributed by atoms with Crippen LogP contribution in [0.5, 0.6) is 0 Å². The number of nitrogens with zero attached hydrogens (tertiary/aromatic N) is 2. The summed E-state index contributed by atoms with van der Waals surface area (Å²) in [6.07, 6.45) is 0. The lowest BCUT2D eigenvalue weighted by Crippen LogP contribution is -2.38. The first kappa shape index (κ1) is 12.0. The fraction of sp³-hybridized carbons (Fsp3) is 0.273. The minimum atomic E-state index is -0.417. The van der Waals surface area contributed by atoms with Crippen LogP contribution in [0.25, 0.3) is 0 Å². The maximum Gasteiger partial charge on any atom is 0.280 e. The molecule has 0 N–H and O–H groups in total. The van der Waals surface area contributed by atoms with E-state index in [9.17, 15) is 9.18 Å². The third kappa shape index (κ3) is 2.63. The fourth-order valence-electron chi connectivity index (χ4n) is 1.42. The zero-order valence-corrected chi connectivity index (χ0v) is 10.5. The maximum atomic E-state index is 13.5. The molecule has 2 rings (SSSR count). The van der Waals surface area contributed by atoms with Crippen LogP contribution in [0.15, 0.2) is 29.4 Å². The standard InChI is InChI=1S/C11H10BrFN2O2/c12-5-6-15-10(16)7-17-11(14-15)8-3-1-2-4-9(8)13/h1-4H,5-7H2. The SMILES string of the molecule is O=C1COC(c2ccccc2F)=NN1CCBr. The average Bonchev–Trinajstić information content (AvgIpc) is 2.33. The van der Waals surface area contributed by atoms with Gasteiger partial charge in [-0.2, -0.15) is 0 Å². The second-order valence-corrected chi connectivity index (χ2v) is 4.17. The third-order valence-electron chi connectivity index (χ3n) is 2.23. The Bertz CT molecular complexity index is 465. The molecule has 90 valence electrons. The van der Waals surface area contributed by atoms with Crippen LogP contribution in [0.4, 0.5) is 4.39 Å². The molecular weight excluding hydrogens is 291 g/mol. The lowest BCUT2D eigenvalue weighted by molar-refractivity contribution is -0.135. The predicted molar refractivity (Wildman–Crippen MR) is 64.4 cm³/mol. The predicted octanol–water partition coefficient (Wildman–Crippen LogP) is 1.74. The van der Waals surface area contributed by atoms with E-state index in [-0.39, 0.29) is 24.0 Å². The van der Waals surface area contributed by atoms with Crippen LogP contribution in [0.1, 0.15) is 5.56 Å². The van der Waals surface area contributed by atoms with Crippen molar-refractivity contribution in [2.45, 2.75) is 0 Å². The minimum Gasteiger partial charge on any atom is -0.466 e. The zero-order valence-electron chi connectivity index (χ0n) is 8.90. The van der Waals surface area contributed by atoms with E-state index >= 15 is 0 Å². The Morgan fingerprint density at radius 2 is 2.24 bits per heavy atom.